The molecule has 0 radical (unpaired) electrons. The highest BCUT2D eigenvalue weighted by Crippen LogP contribution is 2.16. The summed E-state index contributed by atoms with van der Waals surface area (Å²) in [5.41, 5.74) is 9.66. The number of nitrogens with two attached hydrogens (primary N) is 1. The van der Waals surface area contributed by atoms with Crippen LogP contribution in [0, 0.1) is 13.8 Å². The van der Waals surface area contributed by atoms with Crippen LogP contribution in [0.2, 0.25) is 0 Å². The van der Waals surface area contributed by atoms with Crippen molar-refractivity contribution in [2.45, 2.75) is 33.2 Å². The molecule has 0 saturated carbocycles. The molecule has 16 heavy (non-hydrogen) atoms. The molecule has 0 amide bonds. The first-order valence-electron chi connectivity index (χ1n) is 5.72. The molecule has 0 saturated heterocycles. The van der Waals surface area contributed by atoms with Crippen LogP contribution in [0.3, 0.4) is 0 Å². The molecule has 0 bridgehead atoms. The molecule has 0 aliphatic rings. The quantitative estimate of drug-likeness (QED) is 0.857. The SMILES string of the molecule is CCCS(=O)CC(N)c1ccc(C)c(C)c1. The molecule has 2 atom stereocenters. The van der Waals surface area contributed by atoms with Crippen LogP contribution in [0.15, 0.2) is 18.2 Å². The van der Waals surface area contributed by atoms with E-state index in [1.165, 1.54) is 11.1 Å². The number of benzene rings is 1. The van der Waals surface area contributed by atoms with Crippen LogP contribution in [0.4, 0.5) is 0 Å². The topological polar surface area (TPSA) is 43.1 Å². The van der Waals surface area contributed by atoms with Crippen LogP contribution in [0.5, 0.6) is 0 Å². The van der Waals surface area contributed by atoms with E-state index in [-0.39, 0.29) is 6.04 Å². The van der Waals surface area contributed by atoms with Gasteiger partial charge in [-0.1, -0.05) is 25.1 Å². The van der Waals surface area contributed by atoms with E-state index in [1.807, 2.05) is 13.0 Å². The second-order valence-electron chi connectivity index (χ2n) is 4.26. The molecule has 0 fully saturated rings. The fourth-order valence-electron chi connectivity index (χ4n) is 1.60. The van der Waals surface area contributed by atoms with Crippen molar-refractivity contribution >= 4 is 10.8 Å². The minimum absolute atomic E-state index is 0.105. The summed E-state index contributed by atoms with van der Waals surface area (Å²) < 4.78 is 11.6. The Kier molecular flexibility index (Phi) is 5.16. The monoisotopic (exact) mass is 239 g/mol. The van der Waals surface area contributed by atoms with Gasteiger partial charge in [0.1, 0.15) is 0 Å². The van der Waals surface area contributed by atoms with Gasteiger partial charge < -0.3 is 5.73 Å². The van der Waals surface area contributed by atoms with E-state index < -0.39 is 10.8 Å². The number of hydrogen-bond acceptors (Lipinski definition) is 2. The van der Waals surface area contributed by atoms with E-state index in [1.54, 1.807) is 0 Å². The Bertz CT molecular complexity index is 376. The fourth-order valence-corrected chi connectivity index (χ4v) is 2.82. The minimum atomic E-state index is -0.788. The van der Waals surface area contributed by atoms with Crippen molar-refractivity contribution < 1.29 is 4.21 Å². The average Bonchev–Trinajstić information content (AvgIpc) is 2.22. The minimum Gasteiger partial charge on any atom is -0.323 e. The van der Waals surface area contributed by atoms with Crippen molar-refractivity contribution in [2.24, 2.45) is 5.73 Å². The molecule has 0 aromatic heterocycles. The number of hydrogen-bond donors (Lipinski definition) is 1. The van der Waals surface area contributed by atoms with E-state index >= 15 is 0 Å². The lowest BCUT2D eigenvalue weighted by Gasteiger charge is -2.13. The fraction of sp³-hybridized carbons (Fsp3) is 0.538. The average molecular weight is 239 g/mol. The van der Waals surface area contributed by atoms with Crippen molar-refractivity contribution in [3.63, 3.8) is 0 Å². The Hall–Kier alpha value is -0.670. The van der Waals surface area contributed by atoms with Crippen molar-refractivity contribution in [2.75, 3.05) is 11.5 Å². The third-order valence-corrected chi connectivity index (χ3v) is 4.35. The Morgan fingerprint density at radius 2 is 2.00 bits per heavy atom. The predicted molar refractivity (Wildman–Crippen MR) is 71.0 cm³/mol. The third kappa shape index (κ3) is 3.72. The van der Waals surface area contributed by atoms with Gasteiger partial charge in [-0.3, -0.25) is 4.21 Å². The largest absolute Gasteiger partial charge is 0.323 e. The molecule has 0 aliphatic carbocycles. The molecule has 0 aliphatic heterocycles. The lowest BCUT2D eigenvalue weighted by atomic mass is 10.0. The molecular formula is C13H21NOS. The molecule has 90 valence electrons. The van der Waals surface area contributed by atoms with Gasteiger partial charge >= 0.3 is 0 Å². The second kappa shape index (κ2) is 6.16. The Morgan fingerprint density at radius 3 is 2.56 bits per heavy atom. The summed E-state index contributed by atoms with van der Waals surface area (Å²) in [6.45, 7) is 6.20. The maximum absolute atomic E-state index is 11.6. The molecule has 0 spiro atoms. The van der Waals surface area contributed by atoms with Crippen LogP contribution >= 0.6 is 0 Å². The third-order valence-electron chi connectivity index (χ3n) is 2.76. The van der Waals surface area contributed by atoms with E-state index in [0.717, 1.165) is 17.7 Å². The van der Waals surface area contributed by atoms with E-state index in [0.29, 0.717) is 5.75 Å². The smallest absolute Gasteiger partial charge is 0.0428 e. The van der Waals surface area contributed by atoms with Gasteiger partial charge in [0, 0.05) is 28.3 Å². The normalized spacial score (nSPS) is 14.8. The van der Waals surface area contributed by atoms with Crippen molar-refractivity contribution in [1.29, 1.82) is 0 Å². The lowest BCUT2D eigenvalue weighted by molar-refractivity contribution is 0.674. The summed E-state index contributed by atoms with van der Waals surface area (Å²) >= 11 is 0. The summed E-state index contributed by atoms with van der Waals surface area (Å²) in [4.78, 5) is 0. The zero-order valence-electron chi connectivity index (χ0n) is 10.3. The summed E-state index contributed by atoms with van der Waals surface area (Å²) in [5, 5.41) is 0. The first-order valence-corrected chi connectivity index (χ1v) is 7.21. The maximum atomic E-state index is 11.6. The van der Waals surface area contributed by atoms with Crippen LogP contribution in [-0.4, -0.2) is 15.7 Å². The van der Waals surface area contributed by atoms with E-state index in [9.17, 15) is 4.21 Å². The summed E-state index contributed by atoms with van der Waals surface area (Å²) in [7, 11) is -0.788. The van der Waals surface area contributed by atoms with Gasteiger partial charge in [-0.2, -0.15) is 0 Å². The molecule has 1 aromatic carbocycles. The van der Waals surface area contributed by atoms with Crippen molar-refractivity contribution in [1.82, 2.24) is 0 Å². The Labute approximate surface area is 101 Å². The highest BCUT2D eigenvalue weighted by atomic mass is 32.2. The Balaban J connectivity index is 2.69. The van der Waals surface area contributed by atoms with Gasteiger partial charge in [-0.05, 0) is 37.0 Å². The molecule has 3 heteroatoms. The first kappa shape index (κ1) is 13.4. The Morgan fingerprint density at radius 1 is 1.31 bits per heavy atom. The number of aryl methyl sites for hydroxylation is 2. The molecular weight excluding hydrogens is 218 g/mol. The van der Waals surface area contributed by atoms with Crippen LogP contribution in [0.1, 0.15) is 36.1 Å². The summed E-state index contributed by atoms with van der Waals surface area (Å²) in [6.07, 6.45) is 0.951. The summed E-state index contributed by atoms with van der Waals surface area (Å²) in [5.74, 6) is 1.31. The van der Waals surface area contributed by atoms with E-state index in [4.69, 9.17) is 5.73 Å². The standard InChI is InChI=1S/C13H21NOS/c1-4-7-16(15)9-13(14)12-6-5-10(2)11(3)8-12/h5-6,8,13H,4,7,9,14H2,1-3H3. The van der Waals surface area contributed by atoms with Gasteiger partial charge in [-0.15, -0.1) is 0 Å². The zero-order valence-corrected chi connectivity index (χ0v) is 11.1. The van der Waals surface area contributed by atoms with Gasteiger partial charge in [0.15, 0.2) is 0 Å². The lowest BCUT2D eigenvalue weighted by Crippen LogP contribution is -2.19. The van der Waals surface area contributed by atoms with Crippen LogP contribution in [0.25, 0.3) is 0 Å². The summed E-state index contributed by atoms with van der Waals surface area (Å²) in [6, 6.07) is 6.11. The van der Waals surface area contributed by atoms with Crippen LogP contribution < -0.4 is 5.73 Å². The van der Waals surface area contributed by atoms with Gasteiger partial charge in [-0.25, -0.2) is 0 Å². The molecule has 2 nitrogen and oxygen atoms in total. The number of rotatable bonds is 5. The van der Waals surface area contributed by atoms with Crippen molar-refractivity contribution in [3.8, 4) is 0 Å². The predicted octanol–water partition coefficient (Wildman–Crippen LogP) is 2.46. The molecule has 2 unspecified atom stereocenters. The first-order chi connectivity index (χ1) is 7.54. The molecule has 0 heterocycles. The molecule has 1 rings (SSSR count). The maximum Gasteiger partial charge on any atom is 0.0428 e. The van der Waals surface area contributed by atoms with Crippen molar-refractivity contribution in [3.05, 3.63) is 34.9 Å². The highest BCUT2D eigenvalue weighted by Gasteiger charge is 2.10. The van der Waals surface area contributed by atoms with Gasteiger partial charge in [0.05, 0.1) is 0 Å². The van der Waals surface area contributed by atoms with Gasteiger partial charge in [0.25, 0.3) is 0 Å². The highest BCUT2D eigenvalue weighted by molar-refractivity contribution is 7.85. The molecule has 1 aromatic rings. The zero-order chi connectivity index (χ0) is 12.1. The van der Waals surface area contributed by atoms with Crippen LogP contribution in [-0.2, 0) is 10.8 Å². The van der Waals surface area contributed by atoms with Gasteiger partial charge in [0.2, 0.25) is 0 Å². The second-order valence-corrected chi connectivity index (χ2v) is 5.88. The van der Waals surface area contributed by atoms with E-state index in [2.05, 4.69) is 26.0 Å². The molecule has 2 N–H and O–H groups in total.